The maximum Gasteiger partial charge on any atom is 0.130 e. The Kier molecular flexibility index (Phi) is 3.19. The highest BCUT2D eigenvalue weighted by Gasteiger charge is 2.17. The van der Waals surface area contributed by atoms with E-state index in [1.54, 1.807) is 6.07 Å². The van der Waals surface area contributed by atoms with E-state index < -0.39 is 0 Å². The summed E-state index contributed by atoms with van der Waals surface area (Å²) in [6, 6.07) is 11.7. The first-order valence-electron chi connectivity index (χ1n) is 5.96. The van der Waals surface area contributed by atoms with Crippen molar-refractivity contribution in [1.29, 1.82) is 0 Å². The van der Waals surface area contributed by atoms with Crippen LogP contribution in [0.2, 0.25) is 10.0 Å². The molecule has 0 fully saturated rings. The standard InChI is InChI=1S/C15H12Cl2O/c16-11-6-7-14(17)13(9-11)12-5-1-3-10-4-2-8-18-15(10)12/h1,3,5-7,9H,2,4,8H2. The summed E-state index contributed by atoms with van der Waals surface area (Å²) in [5.74, 6) is 0.952. The average molecular weight is 279 g/mol. The molecule has 2 aromatic rings. The molecular weight excluding hydrogens is 267 g/mol. The van der Waals surface area contributed by atoms with Gasteiger partial charge in [0.1, 0.15) is 5.75 Å². The van der Waals surface area contributed by atoms with Gasteiger partial charge in [-0.05, 0) is 36.6 Å². The lowest BCUT2D eigenvalue weighted by Gasteiger charge is -2.21. The van der Waals surface area contributed by atoms with Crippen LogP contribution in [0.5, 0.6) is 5.75 Å². The van der Waals surface area contributed by atoms with Crippen molar-refractivity contribution in [3.05, 3.63) is 52.0 Å². The van der Waals surface area contributed by atoms with Crippen molar-refractivity contribution in [1.82, 2.24) is 0 Å². The number of hydrogen-bond acceptors (Lipinski definition) is 1. The van der Waals surface area contributed by atoms with E-state index in [0.29, 0.717) is 10.0 Å². The second kappa shape index (κ2) is 4.83. The van der Waals surface area contributed by atoms with Gasteiger partial charge in [0.15, 0.2) is 0 Å². The first kappa shape index (κ1) is 11.9. The summed E-state index contributed by atoms with van der Waals surface area (Å²) in [4.78, 5) is 0. The van der Waals surface area contributed by atoms with Crippen LogP contribution in [0.4, 0.5) is 0 Å². The molecule has 92 valence electrons. The number of ether oxygens (including phenoxy) is 1. The van der Waals surface area contributed by atoms with Gasteiger partial charge in [-0.15, -0.1) is 0 Å². The van der Waals surface area contributed by atoms with Gasteiger partial charge >= 0.3 is 0 Å². The maximum atomic E-state index is 6.26. The van der Waals surface area contributed by atoms with E-state index in [9.17, 15) is 0 Å². The van der Waals surface area contributed by atoms with E-state index in [-0.39, 0.29) is 0 Å². The summed E-state index contributed by atoms with van der Waals surface area (Å²) in [7, 11) is 0. The smallest absolute Gasteiger partial charge is 0.130 e. The molecule has 1 aliphatic heterocycles. The topological polar surface area (TPSA) is 9.23 Å². The van der Waals surface area contributed by atoms with Crippen LogP contribution >= 0.6 is 23.2 Å². The number of benzene rings is 2. The largest absolute Gasteiger partial charge is 0.493 e. The molecule has 0 spiro atoms. The van der Waals surface area contributed by atoms with Gasteiger partial charge in [0, 0.05) is 21.2 Å². The zero-order valence-corrected chi connectivity index (χ0v) is 11.3. The van der Waals surface area contributed by atoms with Gasteiger partial charge in [-0.3, -0.25) is 0 Å². The van der Waals surface area contributed by atoms with Gasteiger partial charge in [-0.25, -0.2) is 0 Å². The molecule has 3 rings (SSSR count). The number of hydrogen-bond donors (Lipinski definition) is 0. The Morgan fingerprint density at radius 3 is 2.78 bits per heavy atom. The lowest BCUT2D eigenvalue weighted by molar-refractivity contribution is 0.289. The summed E-state index contributed by atoms with van der Waals surface area (Å²) in [6.07, 6.45) is 2.13. The van der Waals surface area contributed by atoms with Gasteiger partial charge in [-0.2, -0.15) is 0 Å². The summed E-state index contributed by atoms with van der Waals surface area (Å²) >= 11 is 12.3. The van der Waals surface area contributed by atoms with Crippen molar-refractivity contribution < 1.29 is 4.74 Å². The van der Waals surface area contributed by atoms with E-state index in [1.165, 1.54) is 5.56 Å². The zero-order valence-electron chi connectivity index (χ0n) is 9.75. The Morgan fingerprint density at radius 1 is 1.00 bits per heavy atom. The van der Waals surface area contributed by atoms with Crippen molar-refractivity contribution >= 4 is 23.2 Å². The van der Waals surface area contributed by atoms with Crippen LogP contribution in [0.25, 0.3) is 11.1 Å². The number of halogens is 2. The highest BCUT2D eigenvalue weighted by Crippen LogP contribution is 2.40. The minimum absolute atomic E-state index is 0.683. The second-order valence-electron chi connectivity index (χ2n) is 4.37. The van der Waals surface area contributed by atoms with Gasteiger partial charge in [0.25, 0.3) is 0 Å². The maximum absolute atomic E-state index is 6.26. The molecule has 18 heavy (non-hydrogen) atoms. The molecule has 0 amide bonds. The molecule has 0 saturated carbocycles. The van der Waals surface area contributed by atoms with Crippen LogP contribution in [0, 0.1) is 0 Å². The highest BCUT2D eigenvalue weighted by atomic mass is 35.5. The summed E-state index contributed by atoms with van der Waals surface area (Å²) in [5, 5.41) is 1.38. The fourth-order valence-corrected chi connectivity index (χ4v) is 2.70. The second-order valence-corrected chi connectivity index (χ2v) is 5.21. The van der Waals surface area contributed by atoms with Crippen LogP contribution in [-0.2, 0) is 6.42 Å². The van der Waals surface area contributed by atoms with Gasteiger partial charge in [0.05, 0.1) is 6.61 Å². The van der Waals surface area contributed by atoms with E-state index in [4.69, 9.17) is 27.9 Å². The van der Waals surface area contributed by atoms with Crippen molar-refractivity contribution in [2.45, 2.75) is 12.8 Å². The molecule has 1 aliphatic rings. The molecule has 0 aromatic heterocycles. The number of fused-ring (bicyclic) bond motifs is 1. The van der Waals surface area contributed by atoms with Crippen LogP contribution in [0.3, 0.4) is 0 Å². The first-order chi connectivity index (χ1) is 8.75. The monoisotopic (exact) mass is 278 g/mol. The van der Waals surface area contributed by atoms with E-state index in [2.05, 4.69) is 6.07 Å². The van der Waals surface area contributed by atoms with Crippen LogP contribution in [-0.4, -0.2) is 6.61 Å². The normalized spacial score (nSPS) is 13.9. The molecule has 0 saturated heterocycles. The molecule has 1 nitrogen and oxygen atoms in total. The van der Waals surface area contributed by atoms with Crippen LogP contribution in [0.1, 0.15) is 12.0 Å². The van der Waals surface area contributed by atoms with Crippen LogP contribution < -0.4 is 4.74 Å². The summed E-state index contributed by atoms with van der Waals surface area (Å²) in [6.45, 7) is 0.766. The Balaban J connectivity index is 2.19. The molecule has 2 aromatic carbocycles. The minimum atomic E-state index is 0.683. The van der Waals surface area contributed by atoms with Crippen molar-refractivity contribution in [3.8, 4) is 16.9 Å². The molecule has 3 heteroatoms. The predicted octanol–water partition coefficient (Wildman–Crippen LogP) is 4.99. The Labute approximate surface area is 116 Å². The Morgan fingerprint density at radius 2 is 1.89 bits per heavy atom. The average Bonchev–Trinajstić information content (AvgIpc) is 2.41. The zero-order chi connectivity index (χ0) is 12.5. The third kappa shape index (κ3) is 2.09. The van der Waals surface area contributed by atoms with Crippen LogP contribution in [0.15, 0.2) is 36.4 Å². The quantitative estimate of drug-likeness (QED) is 0.715. The molecule has 0 radical (unpaired) electrons. The summed E-state index contributed by atoms with van der Waals surface area (Å²) in [5.41, 5.74) is 3.21. The third-order valence-electron chi connectivity index (χ3n) is 3.15. The number of aryl methyl sites for hydroxylation is 1. The molecular formula is C15H12Cl2O. The van der Waals surface area contributed by atoms with E-state index in [0.717, 1.165) is 36.3 Å². The van der Waals surface area contributed by atoms with Gasteiger partial charge in [0.2, 0.25) is 0 Å². The molecule has 0 aliphatic carbocycles. The third-order valence-corrected chi connectivity index (χ3v) is 3.72. The number of rotatable bonds is 1. The Bertz CT molecular complexity index is 593. The minimum Gasteiger partial charge on any atom is -0.493 e. The SMILES string of the molecule is Clc1ccc(Cl)c(-c2cccc3c2OCCC3)c1. The van der Waals surface area contributed by atoms with Crippen molar-refractivity contribution in [2.24, 2.45) is 0 Å². The highest BCUT2D eigenvalue weighted by molar-refractivity contribution is 6.35. The molecule has 0 unspecified atom stereocenters. The Hall–Kier alpha value is -1.18. The van der Waals surface area contributed by atoms with Crippen molar-refractivity contribution in [2.75, 3.05) is 6.61 Å². The van der Waals surface area contributed by atoms with Crippen molar-refractivity contribution in [3.63, 3.8) is 0 Å². The fraction of sp³-hybridized carbons (Fsp3) is 0.200. The van der Waals surface area contributed by atoms with Gasteiger partial charge < -0.3 is 4.74 Å². The molecule has 1 heterocycles. The van der Waals surface area contributed by atoms with Gasteiger partial charge in [-0.1, -0.05) is 41.4 Å². The fourth-order valence-electron chi connectivity index (χ4n) is 2.30. The number of para-hydroxylation sites is 1. The molecule has 0 atom stereocenters. The lowest BCUT2D eigenvalue weighted by atomic mass is 9.97. The lowest BCUT2D eigenvalue weighted by Crippen LogP contribution is -2.09. The van der Waals surface area contributed by atoms with E-state index in [1.807, 2.05) is 24.3 Å². The first-order valence-corrected chi connectivity index (χ1v) is 6.71. The predicted molar refractivity (Wildman–Crippen MR) is 75.7 cm³/mol. The molecule has 0 bridgehead atoms. The van der Waals surface area contributed by atoms with E-state index >= 15 is 0 Å². The molecule has 0 N–H and O–H groups in total. The summed E-state index contributed by atoms with van der Waals surface area (Å²) < 4.78 is 5.80.